The average Bonchev–Trinajstić information content (AvgIpc) is 2.60. The van der Waals surface area contributed by atoms with Crippen molar-refractivity contribution in [2.75, 3.05) is 27.2 Å². The van der Waals surface area contributed by atoms with Crippen molar-refractivity contribution in [3.8, 4) is 6.08 Å². The molecule has 1 rings (SSSR count). The molecule has 4 nitrogen and oxygen atoms in total. The Kier molecular flexibility index (Phi) is 4.76. The van der Waals surface area contributed by atoms with Crippen molar-refractivity contribution < 1.29 is 9.15 Å². The van der Waals surface area contributed by atoms with Gasteiger partial charge in [-0.2, -0.15) is 4.98 Å². The number of oxazole rings is 1. The number of rotatable bonds is 6. The Morgan fingerprint density at radius 2 is 2.36 bits per heavy atom. The van der Waals surface area contributed by atoms with Crippen LogP contribution < -0.4 is 4.74 Å². The Labute approximate surface area is 88.8 Å². The summed E-state index contributed by atoms with van der Waals surface area (Å²) in [6.07, 6.45) is 2.76. The van der Waals surface area contributed by atoms with Gasteiger partial charge in [0.05, 0.1) is 18.2 Å². The lowest BCUT2D eigenvalue weighted by atomic mass is 10.4. The third kappa shape index (κ3) is 3.98. The molecule has 80 valence electrons. The Morgan fingerprint density at radius 3 is 2.93 bits per heavy atom. The molecular formula is C9H15ClN2O2. The molecule has 0 aliphatic rings. The SMILES string of the molecule is CN(C)CCCOc1nc(CCl)co1. The molecule has 1 aromatic rings. The predicted molar refractivity (Wildman–Crippen MR) is 54.7 cm³/mol. The van der Waals surface area contributed by atoms with Gasteiger partial charge in [-0.05, 0) is 20.5 Å². The van der Waals surface area contributed by atoms with E-state index in [4.69, 9.17) is 20.8 Å². The first-order chi connectivity index (χ1) is 6.72. The van der Waals surface area contributed by atoms with Crippen LogP contribution in [0.1, 0.15) is 12.1 Å². The summed E-state index contributed by atoms with van der Waals surface area (Å²) in [5.74, 6) is 0.352. The molecule has 0 amide bonds. The van der Waals surface area contributed by atoms with Gasteiger partial charge in [-0.15, -0.1) is 11.6 Å². The lowest BCUT2D eigenvalue weighted by Gasteiger charge is -2.08. The summed E-state index contributed by atoms with van der Waals surface area (Å²) in [7, 11) is 4.05. The summed E-state index contributed by atoms with van der Waals surface area (Å²) in [6.45, 7) is 1.60. The second kappa shape index (κ2) is 5.88. The van der Waals surface area contributed by atoms with Crippen LogP contribution in [0.25, 0.3) is 0 Å². The highest BCUT2D eigenvalue weighted by Crippen LogP contribution is 2.11. The highest BCUT2D eigenvalue weighted by molar-refractivity contribution is 6.16. The van der Waals surface area contributed by atoms with Crippen molar-refractivity contribution in [2.24, 2.45) is 0 Å². The van der Waals surface area contributed by atoms with E-state index in [1.807, 2.05) is 14.1 Å². The van der Waals surface area contributed by atoms with Crippen LogP contribution in [0.4, 0.5) is 0 Å². The number of hydrogen-bond acceptors (Lipinski definition) is 4. The minimum atomic E-state index is 0.305. The molecule has 0 atom stereocenters. The molecule has 0 spiro atoms. The van der Waals surface area contributed by atoms with Crippen molar-refractivity contribution in [3.63, 3.8) is 0 Å². The normalized spacial score (nSPS) is 10.9. The molecule has 0 N–H and O–H groups in total. The van der Waals surface area contributed by atoms with Crippen molar-refractivity contribution >= 4 is 11.6 Å². The Balaban J connectivity index is 2.18. The summed E-state index contributed by atoms with van der Waals surface area (Å²) >= 11 is 5.56. The monoisotopic (exact) mass is 218 g/mol. The van der Waals surface area contributed by atoms with Gasteiger partial charge in [-0.25, -0.2) is 0 Å². The predicted octanol–water partition coefficient (Wildman–Crippen LogP) is 1.74. The van der Waals surface area contributed by atoms with Crippen LogP contribution in [0, 0.1) is 0 Å². The Morgan fingerprint density at radius 1 is 1.57 bits per heavy atom. The topological polar surface area (TPSA) is 38.5 Å². The lowest BCUT2D eigenvalue weighted by molar-refractivity contribution is 0.215. The van der Waals surface area contributed by atoms with Gasteiger partial charge in [-0.1, -0.05) is 0 Å². The van der Waals surface area contributed by atoms with E-state index in [1.54, 1.807) is 0 Å². The molecule has 0 unspecified atom stereocenters. The summed E-state index contributed by atoms with van der Waals surface area (Å²) in [4.78, 5) is 6.11. The van der Waals surface area contributed by atoms with Gasteiger partial charge in [0.15, 0.2) is 0 Å². The molecule has 0 aliphatic heterocycles. The number of alkyl halides is 1. The third-order valence-corrected chi connectivity index (χ3v) is 1.92. The van der Waals surface area contributed by atoms with Gasteiger partial charge in [0.1, 0.15) is 6.26 Å². The van der Waals surface area contributed by atoms with E-state index < -0.39 is 0 Å². The van der Waals surface area contributed by atoms with Crippen LogP contribution in [-0.4, -0.2) is 37.1 Å². The standard InChI is InChI=1S/C9H15ClN2O2/c1-12(2)4-3-5-13-9-11-8(6-10)7-14-9/h7H,3-6H2,1-2H3. The molecule has 0 aromatic carbocycles. The first-order valence-corrected chi connectivity index (χ1v) is 5.03. The van der Waals surface area contributed by atoms with E-state index in [-0.39, 0.29) is 0 Å². The number of halogens is 1. The largest absolute Gasteiger partial charge is 0.450 e. The number of aromatic nitrogens is 1. The molecule has 0 saturated heterocycles. The van der Waals surface area contributed by atoms with Crippen molar-refractivity contribution in [2.45, 2.75) is 12.3 Å². The van der Waals surface area contributed by atoms with Crippen LogP contribution >= 0.6 is 11.6 Å². The number of hydrogen-bond donors (Lipinski definition) is 0. The van der Waals surface area contributed by atoms with Crippen LogP contribution in [0.3, 0.4) is 0 Å². The highest BCUT2D eigenvalue weighted by atomic mass is 35.5. The molecule has 0 bridgehead atoms. The Hall–Kier alpha value is -0.740. The summed E-state index contributed by atoms with van der Waals surface area (Å²) < 4.78 is 10.3. The summed E-state index contributed by atoms with van der Waals surface area (Å²) in [6, 6.07) is 0. The maximum atomic E-state index is 5.56. The lowest BCUT2D eigenvalue weighted by Crippen LogP contribution is -2.15. The smallest absolute Gasteiger partial charge is 0.393 e. The van der Waals surface area contributed by atoms with Crippen LogP contribution in [0.5, 0.6) is 6.08 Å². The summed E-state index contributed by atoms with van der Waals surface area (Å²) in [5, 5.41) is 0. The average molecular weight is 219 g/mol. The molecule has 5 heteroatoms. The maximum Gasteiger partial charge on any atom is 0.393 e. The van der Waals surface area contributed by atoms with Gasteiger partial charge in [0, 0.05) is 6.54 Å². The fourth-order valence-electron chi connectivity index (χ4n) is 0.956. The molecule has 0 fully saturated rings. The second-order valence-electron chi connectivity index (χ2n) is 3.24. The third-order valence-electron chi connectivity index (χ3n) is 1.64. The van der Waals surface area contributed by atoms with E-state index in [0.29, 0.717) is 24.3 Å². The van der Waals surface area contributed by atoms with Crippen LogP contribution in [0.2, 0.25) is 0 Å². The van der Waals surface area contributed by atoms with Crippen molar-refractivity contribution in [3.05, 3.63) is 12.0 Å². The Bertz CT molecular complexity index is 263. The summed E-state index contributed by atoms with van der Waals surface area (Å²) in [5.41, 5.74) is 0.703. The quantitative estimate of drug-likeness (QED) is 0.539. The number of ether oxygens (including phenoxy) is 1. The van der Waals surface area contributed by atoms with Gasteiger partial charge < -0.3 is 14.1 Å². The molecule has 14 heavy (non-hydrogen) atoms. The fraction of sp³-hybridized carbons (Fsp3) is 0.667. The van der Waals surface area contributed by atoms with Crippen LogP contribution in [-0.2, 0) is 5.88 Å². The van der Waals surface area contributed by atoms with Crippen LogP contribution in [0.15, 0.2) is 10.7 Å². The molecule has 0 saturated carbocycles. The molecular weight excluding hydrogens is 204 g/mol. The van der Waals surface area contributed by atoms with Gasteiger partial charge >= 0.3 is 6.08 Å². The molecule has 0 aliphatic carbocycles. The van der Waals surface area contributed by atoms with Gasteiger partial charge in [0.25, 0.3) is 0 Å². The first kappa shape index (κ1) is 11.3. The van der Waals surface area contributed by atoms with E-state index in [1.165, 1.54) is 6.26 Å². The molecule has 1 heterocycles. The maximum absolute atomic E-state index is 5.56. The molecule has 0 radical (unpaired) electrons. The van der Waals surface area contributed by atoms with Crippen molar-refractivity contribution in [1.29, 1.82) is 0 Å². The zero-order chi connectivity index (χ0) is 10.4. The van der Waals surface area contributed by atoms with Gasteiger partial charge in [0.2, 0.25) is 0 Å². The second-order valence-corrected chi connectivity index (χ2v) is 3.51. The van der Waals surface area contributed by atoms with E-state index in [9.17, 15) is 0 Å². The molecule has 1 aromatic heterocycles. The van der Waals surface area contributed by atoms with Gasteiger partial charge in [-0.3, -0.25) is 0 Å². The number of nitrogens with zero attached hydrogens (tertiary/aromatic N) is 2. The van der Waals surface area contributed by atoms with E-state index in [0.717, 1.165) is 13.0 Å². The first-order valence-electron chi connectivity index (χ1n) is 4.50. The minimum Gasteiger partial charge on any atom is -0.450 e. The fourth-order valence-corrected chi connectivity index (χ4v) is 1.08. The van der Waals surface area contributed by atoms with Crippen molar-refractivity contribution in [1.82, 2.24) is 9.88 Å². The van der Waals surface area contributed by atoms with E-state index in [2.05, 4.69) is 9.88 Å². The van der Waals surface area contributed by atoms with E-state index >= 15 is 0 Å². The highest BCUT2D eigenvalue weighted by Gasteiger charge is 2.03. The zero-order valence-corrected chi connectivity index (χ0v) is 9.25. The minimum absolute atomic E-state index is 0.305. The zero-order valence-electron chi connectivity index (χ0n) is 8.49.